The van der Waals surface area contributed by atoms with Crippen molar-refractivity contribution in [2.75, 3.05) is 27.2 Å². The van der Waals surface area contributed by atoms with Crippen LogP contribution in [0.25, 0.3) is 0 Å². The summed E-state index contributed by atoms with van der Waals surface area (Å²) >= 11 is 0. The lowest BCUT2D eigenvalue weighted by molar-refractivity contribution is 0.118. The highest BCUT2D eigenvalue weighted by Crippen LogP contribution is 2.06. The van der Waals surface area contributed by atoms with Gasteiger partial charge in [-0.15, -0.1) is 0 Å². The van der Waals surface area contributed by atoms with E-state index < -0.39 is 6.09 Å². The molecule has 1 heterocycles. The third-order valence-corrected chi connectivity index (χ3v) is 1.47. The molecule has 5 heteroatoms. The lowest BCUT2D eigenvalue weighted by Gasteiger charge is -2.13. The molecule has 0 bridgehead atoms. The third-order valence-electron chi connectivity index (χ3n) is 1.47. The summed E-state index contributed by atoms with van der Waals surface area (Å²) in [5.74, 6) is 5.28. The van der Waals surface area contributed by atoms with Gasteiger partial charge in [0.2, 0.25) is 0 Å². The van der Waals surface area contributed by atoms with Crippen LogP contribution in [0, 0.1) is 0 Å². The second kappa shape index (κ2) is 3.06. The summed E-state index contributed by atoms with van der Waals surface area (Å²) in [6, 6.07) is 0. The molecular weight excluding hydrogens is 146 g/mol. The van der Waals surface area contributed by atoms with Crippen molar-refractivity contribution in [3.63, 3.8) is 0 Å². The van der Waals surface area contributed by atoms with Crippen LogP contribution in [0.15, 0.2) is 0 Å². The summed E-state index contributed by atoms with van der Waals surface area (Å²) in [6.07, 6.45) is -0.514. The molecule has 2 N–H and O–H groups in total. The zero-order valence-electron chi connectivity index (χ0n) is 6.78. The van der Waals surface area contributed by atoms with E-state index in [0.717, 1.165) is 11.6 Å². The first-order valence-corrected chi connectivity index (χ1v) is 3.47. The Labute approximate surface area is 65.7 Å². The van der Waals surface area contributed by atoms with Crippen LogP contribution in [0.3, 0.4) is 0 Å². The third kappa shape index (κ3) is 2.06. The Balaban J connectivity index is 2.35. The van der Waals surface area contributed by atoms with Crippen molar-refractivity contribution >= 4 is 6.09 Å². The van der Waals surface area contributed by atoms with Crippen molar-refractivity contribution in [2.24, 2.45) is 5.84 Å². The summed E-state index contributed by atoms with van der Waals surface area (Å²) in [6.45, 7) is 1.20. The predicted octanol–water partition coefficient (Wildman–Crippen LogP) is -0.758. The zero-order chi connectivity index (χ0) is 8.43. The Kier molecular flexibility index (Phi) is 2.31. The fourth-order valence-corrected chi connectivity index (χ4v) is 1.04. The molecule has 1 amide bonds. The van der Waals surface area contributed by atoms with Crippen LogP contribution in [0.2, 0.25) is 0 Å². The smallest absolute Gasteiger partial charge is 0.424 e. The van der Waals surface area contributed by atoms with Crippen LogP contribution < -0.4 is 5.84 Å². The monoisotopic (exact) mass is 159 g/mol. The van der Waals surface area contributed by atoms with Crippen LogP contribution in [0.1, 0.15) is 0 Å². The van der Waals surface area contributed by atoms with Gasteiger partial charge in [-0.25, -0.2) is 15.6 Å². The maximum Gasteiger partial charge on any atom is 0.424 e. The lowest BCUT2D eigenvalue weighted by atomic mass is 10.3. The molecule has 0 radical (unpaired) electrons. The molecule has 5 nitrogen and oxygen atoms in total. The number of hydrogen-bond donors (Lipinski definition) is 1. The molecular formula is C6H13N3O2. The number of amides is 1. The van der Waals surface area contributed by atoms with Crippen molar-refractivity contribution < 1.29 is 9.53 Å². The Bertz CT molecular complexity index is 160. The number of ether oxygens (including phenoxy) is 1. The zero-order valence-corrected chi connectivity index (χ0v) is 6.78. The highest BCUT2D eigenvalue weighted by molar-refractivity contribution is 5.69. The van der Waals surface area contributed by atoms with E-state index in [0.29, 0.717) is 6.54 Å². The fraction of sp³-hybridized carbons (Fsp3) is 0.833. The van der Waals surface area contributed by atoms with Gasteiger partial charge in [0, 0.05) is 6.54 Å². The fourth-order valence-electron chi connectivity index (χ4n) is 1.04. The quantitative estimate of drug-likeness (QED) is 0.425. The minimum Gasteiger partial charge on any atom is -0.442 e. The molecule has 1 atom stereocenters. The van der Waals surface area contributed by atoms with Crippen molar-refractivity contribution in [1.29, 1.82) is 0 Å². The number of nitrogens with two attached hydrogens (primary N) is 1. The summed E-state index contributed by atoms with van der Waals surface area (Å²) in [5.41, 5.74) is 0. The molecule has 1 rings (SSSR count). The first-order chi connectivity index (χ1) is 5.09. The number of cyclic esters (lactones) is 1. The number of carbonyl (C=O) groups excluding carboxylic acids is 1. The number of rotatable bonds is 2. The van der Waals surface area contributed by atoms with Crippen LogP contribution >= 0.6 is 0 Å². The maximum absolute atomic E-state index is 10.7. The van der Waals surface area contributed by atoms with Gasteiger partial charge in [0.1, 0.15) is 6.10 Å². The summed E-state index contributed by atoms with van der Waals surface area (Å²) < 4.78 is 4.90. The second-order valence-corrected chi connectivity index (χ2v) is 2.92. The van der Waals surface area contributed by atoms with E-state index in [2.05, 4.69) is 0 Å². The van der Waals surface area contributed by atoms with E-state index in [4.69, 9.17) is 10.6 Å². The average molecular weight is 159 g/mol. The molecule has 1 aliphatic rings. The van der Waals surface area contributed by atoms with Crippen molar-refractivity contribution in [2.45, 2.75) is 6.10 Å². The van der Waals surface area contributed by atoms with E-state index in [1.165, 1.54) is 0 Å². The molecule has 1 aliphatic heterocycles. The van der Waals surface area contributed by atoms with Gasteiger partial charge in [0.15, 0.2) is 0 Å². The largest absolute Gasteiger partial charge is 0.442 e. The van der Waals surface area contributed by atoms with Gasteiger partial charge in [-0.05, 0) is 14.1 Å². The van der Waals surface area contributed by atoms with Gasteiger partial charge in [-0.3, -0.25) is 0 Å². The van der Waals surface area contributed by atoms with Crippen LogP contribution in [-0.2, 0) is 4.74 Å². The second-order valence-electron chi connectivity index (χ2n) is 2.92. The molecule has 0 saturated carbocycles. The molecule has 0 unspecified atom stereocenters. The minimum absolute atomic E-state index is 0.0810. The van der Waals surface area contributed by atoms with E-state index >= 15 is 0 Å². The maximum atomic E-state index is 10.7. The number of carbonyl (C=O) groups is 1. The number of likely N-dealkylation sites (N-methyl/N-ethyl adjacent to an activating group) is 1. The summed E-state index contributed by atoms with van der Waals surface area (Å²) in [7, 11) is 3.85. The summed E-state index contributed by atoms with van der Waals surface area (Å²) in [5, 5.41) is 1.09. The molecule has 1 fully saturated rings. The first kappa shape index (κ1) is 8.29. The number of nitrogens with zero attached hydrogens (tertiary/aromatic N) is 2. The van der Waals surface area contributed by atoms with Gasteiger partial charge in [0.05, 0.1) is 6.54 Å². The molecule has 1 saturated heterocycles. The predicted molar refractivity (Wildman–Crippen MR) is 39.7 cm³/mol. The van der Waals surface area contributed by atoms with Crippen molar-refractivity contribution in [1.82, 2.24) is 9.91 Å². The van der Waals surface area contributed by atoms with Crippen molar-refractivity contribution in [3.8, 4) is 0 Å². The Morgan fingerprint density at radius 3 is 2.82 bits per heavy atom. The van der Waals surface area contributed by atoms with Gasteiger partial charge in [0.25, 0.3) is 0 Å². The van der Waals surface area contributed by atoms with Gasteiger partial charge < -0.3 is 9.64 Å². The molecule has 64 valence electrons. The number of hydrogen-bond acceptors (Lipinski definition) is 4. The Hall–Kier alpha value is -0.810. The highest BCUT2D eigenvalue weighted by atomic mass is 16.6. The molecule has 0 aromatic heterocycles. The van der Waals surface area contributed by atoms with E-state index in [1.807, 2.05) is 19.0 Å². The molecule has 0 spiro atoms. The van der Waals surface area contributed by atoms with Crippen molar-refractivity contribution in [3.05, 3.63) is 0 Å². The first-order valence-electron chi connectivity index (χ1n) is 3.47. The average Bonchev–Trinajstić information content (AvgIpc) is 2.10. The molecule has 0 aliphatic carbocycles. The molecule has 11 heavy (non-hydrogen) atoms. The summed E-state index contributed by atoms with van der Waals surface area (Å²) in [4.78, 5) is 12.7. The van der Waals surface area contributed by atoms with Crippen LogP contribution in [0.4, 0.5) is 4.79 Å². The molecule has 0 aromatic carbocycles. The highest BCUT2D eigenvalue weighted by Gasteiger charge is 2.28. The van der Waals surface area contributed by atoms with Crippen LogP contribution in [-0.4, -0.2) is 49.3 Å². The van der Waals surface area contributed by atoms with E-state index in [1.54, 1.807) is 0 Å². The van der Waals surface area contributed by atoms with E-state index in [-0.39, 0.29) is 6.10 Å². The Morgan fingerprint density at radius 2 is 2.45 bits per heavy atom. The lowest BCUT2D eigenvalue weighted by Crippen LogP contribution is -2.34. The normalized spacial score (nSPS) is 24.5. The van der Waals surface area contributed by atoms with Gasteiger partial charge in [-0.2, -0.15) is 0 Å². The Morgan fingerprint density at radius 1 is 1.82 bits per heavy atom. The van der Waals surface area contributed by atoms with E-state index in [9.17, 15) is 4.79 Å². The molecule has 0 aromatic rings. The SMILES string of the molecule is CN(C)C[C@H]1CN(N)C(=O)O1. The number of hydrazine groups is 1. The standard InChI is InChI=1S/C6H13N3O2/c1-8(2)3-5-4-9(7)6(10)11-5/h5H,3-4,7H2,1-2H3/t5-/m0/s1. The topological polar surface area (TPSA) is 58.8 Å². The van der Waals surface area contributed by atoms with Gasteiger partial charge in [-0.1, -0.05) is 0 Å². The van der Waals surface area contributed by atoms with Crippen LogP contribution in [0.5, 0.6) is 0 Å². The van der Waals surface area contributed by atoms with Gasteiger partial charge >= 0.3 is 6.09 Å². The minimum atomic E-state index is -0.433.